The molecule has 1 aliphatic carbocycles. The van der Waals surface area contributed by atoms with Crippen molar-refractivity contribution >= 4 is 16.9 Å². The van der Waals surface area contributed by atoms with Crippen molar-refractivity contribution in [1.82, 2.24) is 14.5 Å². The number of carbonyl (C=O) groups excluding carboxylic acids is 1. The van der Waals surface area contributed by atoms with E-state index in [1.54, 1.807) is 6.07 Å². The molecule has 1 saturated carbocycles. The summed E-state index contributed by atoms with van der Waals surface area (Å²) in [6.45, 7) is 1.86. The maximum Gasteiger partial charge on any atom is 0.418 e. The van der Waals surface area contributed by atoms with Crippen LogP contribution < -0.4 is 0 Å². The van der Waals surface area contributed by atoms with Gasteiger partial charge in [0.05, 0.1) is 11.1 Å². The molecule has 1 amide bonds. The van der Waals surface area contributed by atoms with E-state index in [4.69, 9.17) is 0 Å². The molecule has 1 atom stereocenters. The lowest BCUT2D eigenvalue weighted by Gasteiger charge is -2.18. The molecule has 1 aliphatic heterocycles. The number of para-hydroxylation sites is 1. The Kier molecular flexibility index (Phi) is 5.58. The van der Waals surface area contributed by atoms with Gasteiger partial charge in [0.25, 0.3) is 0 Å². The molecular formula is C29H26F3N3O. The molecule has 4 nitrogen and oxygen atoms in total. The number of likely N-dealkylation sites (tertiary alicyclic amines) is 1. The van der Waals surface area contributed by atoms with Crippen LogP contribution in [-0.4, -0.2) is 33.4 Å². The summed E-state index contributed by atoms with van der Waals surface area (Å²) in [7, 11) is 0. The highest BCUT2D eigenvalue weighted by molar-refractivity contribution is 5.84. The second-order valence-corrected chi connectivity index (χ2v) is 9.87. The first kappa shape index (κ1) is 22.8. The highest BCUT2D eigenvalue weighted by Crippen LogP contribution is 2.38. The van der Waals surface area contributed by atoms with Crippen molar-refractivity contribution in [1.29, 1.82) is 0 Å². The predicted molar refractivity (Wildman–Crippen MR) is 133 cm³/mol. The molecule has 2 heterocycles. The van der Waals surface area contributed by atoms with Crippen LogP contribution in [0.1, 0.15) is 24.8 Å². The molecule has 184 valence electrons. The van der Waals surface area contributed by atoms with Gasteiger partial charge in [-0.3, -0.25) is 4.79 Å². The first-order valence-electron chi connectivity index (χ1n) is 12.4. The summed E-state index contributed by atoms with van der Waals surface area (Å²) < 4.78 is 43.4. The summed E-state index contributed by atoms with van der Waals surface area (Å²) in [5, 5.41) is 0. The summed E-state index contributed by atoms with van der Waals surface area (Å²) in [5.41, 5.74) is 2.59. The molecular weight excluding hydrogens is 463 g/mol. The zero-order valence-corrected chi connectivity index (χ0v) is 19.7. The number of imidazole rings is 1. The van der Waals surface area contributed by atoms with Gasteiger partial charge >= 0.3 is 6.18 Å². The van der Waals surface area contributed by atoms with Gasteiger partial charge in [0.15, 0.2) is 0 Å². The van der Waals surface area contributed by atoms with E-state index >= 15 is 0 Å². The number of nitrogens with zero attached hydrogens (tertiary/aromatic N) is 3. The van der Waals surface area contributed by atoms with Crippen molar-refractivity contribution in [3.8, 4) is 22.5 Å². The lowest BCUT2D eigenvalue weighted by Crippen LogP contribution is -2.30. The SMILES string of the molecule is O=C(C1CC1)N1CCC(Cn2c(-c3ccc(-c4ccccc4)cc3)nc3c(C(F)(F)F)cccc32)C1. The van der Waals surface area contributed by atoms with Crippen LogP contribution in [0.5, 0.6) is 0 Å². The number of hydrogen-bond acceptors (Lipinski definition) is 2. The van der Waals surface area contributed by atoms with Crippen molar-refractivity contribution in [3.05, 3.63) is 78.4 Å². The lowest BCUT2D eigenvalue weighted by molar-refractivity contribution is -0.136. The Morgan fingerprint density at radius 1 is 0.861 bits per heavy atom. The first-order valence-corrected chi connectivity index (χ1v) is 12.4. The van der Waals surface area contributed by atoms with Gasteiger partial charge in [-0.1, -0.05) is 60.7 Å². The van der Waals surface area contributed by atoms with Gasteiger partial charge in [0, 0.05) is 31.1 Å². The third-order valence-electron chi connectivity index (χ3n) is 7.30. The Balaban J connectivity index is 1.38. The van der Waals surface area contributed by atoms with Crippen LogP contribution in [-0.2, 0) is 17.5 Å². The molecule has 1 aromatic heterocycles. The molecule has 36 heavy (non-hydrogen) atoms. The molecule has 2 fully saturated rings. The molecule has 7 heteroatoms. The second kappa shape index (κ2) is 8.80. The van der Waals surface area contributed by atoms with Crippen LogP contribution in [0.15, 0.2) is 72.8 Å². The lowest BCUT2D eigenvalue weighted by atomic mass is 10.0. The summed E-state index contributed by atoms with van der Waals surface area (Å²) in [6, 6.07) is 22.0. The topological polar surface area (TPSA) is 38.1 Å². The molecule has 1 saturated heterocycles. The van der Waals surface area contributed by atoms with Gasteiger partial charge in [0.1, 0.15) is 11.3 Å². The van der Waals surface area contributed by atoms with E-state index in [1.807, 2.05) is 64.1 Å². The number of hydrogen-bond donors (Lipinski definition) is 0. The van der Waals surface area contributed by atoms with Gasteiger partial charge in [-0.05, 0) is 48.4 Å². The predicted octanol–water partition coefficient (Wildman–Crippen LogP) is 6.65. The van der Waals surface area contributed by atoms with Crippen LogP contribution in [0.2, 0.25) is 0 Å². The van der Waals surface area contributed by atoms with Gasteiger partial charge in [0.2, 0.25) is 5.91 Å². The number of alkyl halides is 3. The Hall–Kier alpha value is -3.61. The van der Waals surface area contributed by atoms with E-state index < -0.39 is 11.7 Å². The average Bonchev–Trinajstić information content (AvgIpc) is 3.53. The first-order chi connectivity index (χ1) is 17.4. The van der Waals surface area contributed by atoms with Crippen LogP contribution in [0, 0.1) is 11.8 Å². The third-order valence-corrected chi connectivity index (χ3v) is 7.30. The Morgan fingerprint density at radius 2 is 1.56 bits per heavy atom. The number of halogens is 3. The quantitative estimate of drug-likeness (QED) is 0.315. The van der Waals surface area contributed by atoms with Gasteiger partial charge in [-0.25, -0.2) is 4.98 Å². The molecule has 6 rings (SSSR count). The zero-order chi connectivity index (χ0) is 24.9. The van der Waals surface area contributed by atoms with E-state index in [9.17, 15) is 18.0 Å². The molecule has 1 unspecified atom stereocenters. The number of benzene rings is 3. The van der Waals surface area contributed by atoms with E-state index in [2.05, 4.69) is 4.98 Å². The molecule has 2 aliphatic rings. The van der Waals surface area contributed by atoms with Crippen molar-refractivity contribution < 1.29 is 18.0 Å². The van der Waals surface area contributed by atoms with E-state index in [0.29, 0.717) is 31.0 Å². The summed E-state index contributed by atoms with van der Waals surface area (Å²) in [6.07, 6.45) is -1.72. The summed E-state index contributed by atoms with van der Waals surface area (Å²) in [4.78, 5) is 19.0. The van der Waals surface area contributed by atoms with Gasteiger partial charge < -0.3 is 9.47 Å². The minimum atomic E-state index is -4.49. The molecule has 3 aromatic carbocycles. The number of amides is 1. The Labute approximate surface area is 207 Å². The number of rotatable bonds is 5. The maximum atomic E-state index is 13.8. The Bertz CT molecular complexity index is 1410. The number of carbonyl (C=O) groups is 1. The fourth-order valence-electron chi connectivity index (χ4n) is 5.25. The standard InChI is InChI=1S/C29H26F3N3O/c30-29(31,32)24-7-4-8-25-26(24)33-27(22-11-9-21(10-12-22)20-5-2-1-3-6-20)35(25)18-19-15-16-34(17-19)28(36)23-13-14-23/h1-12,19,23H,13-18H2. The maximum absolute atomic E-state index is 13.8. The minimum Gasteiger partial charge on any atom is -0.342 e. The summed E-state index contributed by atoms with van der Waals surface area (Å²) in [5.74, 6) is 1.09. The van der Waals surface area contributed by atoms with Crippen LogP contribution in [0.4, 0.5) is 13.2 Å². The largest absolute Gasteiger partial charge is 0.418 e. The number of aromatic nitrogens is 2. The fraction of sp³-hybridized carbons (Fsp3) is 0.310. The van der Waals surface area contributed by atoms with E-state index in [-0.39, 0.29) is 23.3 Å². The highest BCUT2D eigenvalue weighted by Gasteiger charge is 2.38. The smallest absolute Gasteiger partial charge is 0.342 e. The van der Waals surface area contributed by atoms with Crippen molar-refractivity contribution in [2.24, 2.45) is 11.8 Å². The average molecular weight is 490 g/mol. The molecule has 0 N–H and O–H groups in total. The van der Waals surface area contributed by atoms with E-state index in [1.165, 1.54) is 6.07 Å². The Morgan fingerprint density at radius 3 is 2.25 bits per heavy atom. The third kappa shape index (κ3) is 4.27. The number of fused-ring (bicyclic) bond motifs is 1. The van der Waals surface area contributed by atoms with Crippen LogP contribution >= 0.6 is 0 Å². The van der Waals surface area contributed by atoms with Gasteiger partial charge in [-0.2, -0.15) is 13.2 Å². The zero-order valence-electron chi connectivity index (χ0n) is 19.7. The van der Waals surface area contributed by atoms with E-state index in [0.717, 1.165) is 42.0 Å². The molecule has 0 bridgehead atoms. The van der Waals surface area contributed by atoms with Crippen molar-refractivity contribution in [3.63, 3.8) is 0 Å². The van der Waals surface area contributed by atoms with Crippen LogP contribution in [0.3, 0.4) is 0 Å². The normalized spacial score (nSPS) is 18.2. The van der Waals surface area contributed by atoms with Crippen molar-refractivity contribution in [2.45, 2.75) is 32.0 Å². The molecule has 4 aromatic rings. The highest BCUT2D eigenvalue weighted by atomic mass is 19.4. The second-order valence-electron chi connectivity index (χ2n) is 9.87. The summed E-state index contributed by atoms with van der Waals surface area (Å²) >= 11 is 0. The fourth-order valence-corrected chi connectivity index (χ4v) is 5.25. The molecule has 0 radical (unpaired) electrons. The van der Waals surface area contributed by atoms with Crippen molar-refractivity contribution in [2.75, 3.05) is 13.1 Å². The monoisotopic (exact) mass is 489 g/mol. The van der Waals surface area contributed by atoms with Crippen LogP contribution in [0.25, 0.3) is 33.5 Å². The minimum absolute atomic E-state index is 0.0314. The van der Waals surface area contributed by atoms with Gasteiger partial charge in [-0.15, -0.1) is 0 Å². The molecule has 0 spiro atoms.